The predicted molar refractivity (Wildman–Crippen MR) is 145 cm³/mol. The Bertz CT molecular complexity index is 1400. The van der Waals surface area contributed by atoms with Gasteiger partial charge in [-0.3, -0.25) is 9.69 Å². The van der Waals surface area contributed by atoms with E-state index in [-0.39, 0.29) is 29.4 Å². The molecule has 11 heteroatoms. The van der Waals surface area contributed by atoms with Gasteiger partial charge in [-0.15, -0.1) is 0 Å². The molecule has 2 aliphatic heterocycles. The number of fused-ring (bicyclic) bond motifs is 2. The SMILES string of the molecule is CC1Oc2nc(Nc3ccc4c(c3)CN(C(=O)OC(C)(C)C)CC4)ncc2C(=O)N1c1c(Cl)cccc1Cl. The number of nitrogens with zero attached hydrogens (tertiary/aromatic N) is 4. The summed E-state index contributed by atoms with van der Waals surface area (Å²) < 4.78 is 11.5. The fourth-order valence-corrected chi connectivity index (χ4v) is 5.00. The average molecular weight is 556 g/mol. The second kappa shape index (κ2) is 9.96. The molecule has 0 fully saturated rings. The van der Waals surface area contributed by atoms with Crippen LogP contribution in [0.1, 0.15) is 49.2 Å². The van der Waals surface area contributed by atoms with E-state index in [0.717, 1.165) is 17.7 Å². The summed E-state index contributed by atoms with van der Waals surface area (Å²) in [7, 11) is 0. The second-order valence-corrected chi connectivity index (χ2v) is 10.9. The van der Waals surface area contributed by atoms with Crippen LogP contribution in [0.15, 0.2) is 42.6 Å². The van der Waals surface area contributed by atoms with Crippen LogP contribution in [0, 0.1) is 0 Å². The molecule has 2 aromatic carbocycles. The van der Waals surface area contributed by atoms with Crippen molar-refractivity contribution in [2.75, 3.05) is 16.8 Å². The van der Waals surface area contributed by atoms with Crippen LogP contribution < -0.4 is 15.0 Å². The van der Waals surface area contributed by atoms with Gasteiger partial charge in [0.2, 0.25) is 11.8 Å². The minimum absolute atomic E-state index is 0.161. The number of carbonyl (C=O) groups excluding carboxylic acids is 2. The Kier molecular flexibility index (Phi) is 6.83. The molecule has 1 atom stereocenters. The van der Waals surface area contributed by atoms with Crippen LogP contribution in [-0.2, 0) is 17.7 Å². The summed E-state index contributed by atoms with van der Waals surface area (Å²) in [6.45, 7) is 8.32. The molecule has 38 heavy (non-hydrogen) atoms. The Hall–Kier alpha value is -3.56. The molecule has 0 saturated carbocycles. The maximum Gasteiger partial charge on any atom is 0.410 e. The lowest BCUT2D eigenvalue weighted by atomic mass is 9.99. The maximum absolute atomic E-state index is 13.3. The first-order chi connectivity index (χ1) is 18.0. The first-order valence-corrected chi connectivity index (χ1v) is 12.9. The van der Waals surface area contributed by atoms with Crippen LogP contribution in [0.2, 0.25) is 10.0 Å². The molecule has 0 aliphatic carbocycles. The third kappa shape index (κ3) is 5.21. The van der Waals surface area contributed by atoms with E-state index in [1.54, 1.807) is 30.0 Å². The van der Waals surface area contributed by atoms with Gasteiger partial charge in [0.1, 0.15) is 11.2 Å². The van der Waals surface area contributed by atoms with Crippen molar-refractivity contribution < 1.29 is 19.1 Å². The van der Waals surface area contributed by atoms with Crippen molar-refractivity contribution in [3.8, 4) is 5.88 Å². The average Bonchev–Trinajstić information content (AvgIpc) is 2.84. The first kappa shape index (κ1) is 26.1. The zero-order valence-electron chi connectivity index (χ0n) is 21.4. The van der Waals surface area contributed by atoms with Gasteiger partial charge in [-0.2, -0.15) is 4.98 Å². The highest BCUT2D eigenvalue weighted by Crippen LogP contribution is 2.39. The molecular formula is C27H27Cl2N5O4. The molecule has 1 aromatic heterocycles. The number of benzene rings is 2. The molecular weight excluding hydrogens is 529 g/mol. The second-order valence-electron chi connectivity index (χ2n) is 10.1. The van der Waals surface area contributed by atoms with Crippen molar-refractivity contribution in [2.45, 2.75) is 52.5 Å². The molecule has 0 bridgehead atoms. The van der Waals surface area contributed by atoms with Crippen LogP contribution >= 0.6 is 23.2 Å². The van der Waals surface area contributed by atoms with Crippen molar-refractivity contribution in [2.24, 2.45) is 0 Å². The molecule has 1 unspecified atom stereocenters. The highest BCUT2D eigenvalue weighted by atomic mass is 35.5. The summed E-state index contributed by atoms with van der Waals surface area (Å²) in [5, 5.41) is 3.84. The van der Waals surface area contributed by atoms with Crippen LogP contribution in [0.5, 0.6) is 5.88 Å². The van der Waals surface area contributed by atoms with E-state index in [2.05, 4.69) is 15.3 Å². The Morgan fingerprint density at radius 3 is 2.61 bits per heavy atom. The lowest BCUT2D eigenvalue weighted by Crippen LogP contribution is -2.46. The number of halogens is 2. The third-order valence-electron chi connectivity index (χ3n) is 6.15. The van der Waals surface area contributed by atoms with E-state index in [1.165, 1.54) is 16.7 Å². The summed E-state index contributed by atoms with van der Waals surface area (Å²) >= 11 is 12.7. The van der Waals surface area contributed by atoms with Gasteiger partial charge in [0.25, 0.3) is 5.91 Å². The van der Waals surface area contributed by atoms with E-state index in [1.807, 2.05) is 39.0 Å². The molecule has 1 N–H and O–H groups in total. The fraction of sp³-hybridized carbons (Fsp3) is 0.333. The van der Waals surface area contributed by atoms with Crippen LogP contribution in [0.25, 0.3) is 0 Å². The van der Waals surface area contributed by atoms with E-state index in [0.29, 0.717) is 28.8 Å². The summed E-state index contributed by atoms with van der Waals surface area (Å²) in [6.07, 6.45) is 1.13. The van der Waals surface area contributed by atoms with Crippen molar-refractivity contribution in [3.05, 3.63) is 69.3 Å². The Morgan fingerprint density at radius 1 is 1.16 bits per heavy atom. The number of rotatable bonds is 3. The predicted octanol–water partition coefficient (Wildman–Crippen LogP) is 6.21. The molecule has 0 spiro atoms. The largest absolute Gasteiger partial charge is 0.453 e. The molecule has 5 rings (SSSR count). The number of amides is 2. The van der Waals surface area contributed by atoms with Crippen molar-refractivity contribution in [1.29, 1.82) is 0 Å². The van der Waals surface area contributed by atoms with Crippen molar-refractivity contribution in [3.63, 3.8) is 0 Å². The Morgan fingerprint density at radius 2 is 1.89 bits per heavy atom. The quantitative estimate of drug-likeness (QED) is 0.410. The normalized spacial score (nSPS) is 16.9. The minimum atomic E-state index is -0.697. The molecule has 3 aromatic rings. The summed E-state index contributed by atoms with van der Waals surface area (Å²) in [5.41, 5.74) is 2.94. The highest BCUT2D eigenvalue weighted by Gasteiger charge is 2.36. The lowest BCUT2D eigenvalue weighted by Gasteiger charge is -2.34. The smallest absolute Gasteiger partial charge is 0.410 e. The number of hydrogen-bond donors (Lipinski definition) is 1. The number of nitrogens with one attached hydrogen (secondary N) is 1. The number of para-hydroxylation sites is 1. The molecule has 198 valence electrons. The monoisotopic (exact) mass is 555 g/mol. The molecule has 2 amide bonds. The summed E-state index contributed by atoms with van der Waals surface area (Å²) in [6, 6.07) is 10.9. The van der Waals surface area contributed by atoms with Crippen molar-refractivity contribution in [1.82, 2.24) is 14.9 Å². The van der Waals surface area contributed by atoms with Gasteiger partial charge >= 0.3 is 6.09 Å². The minimum Gasteiger partial charge on any atom is -0.453 e. The van der Waals surface area contributed by atoms with Gasteiger partial charge in [0, 0.05) is 25.0 Å². The molecule has 0 radical (unpaired) electrons. The van der Waals surface area contributed by atoms with Gasteiger partial charge in [-0.05, 0) is 69.5 Å². The number of aromatic nitrogens is 2. The van der Waals surface area contributed by atoms with Gasteiger partial charge in [-0.25, -0.2) is 9.78 Å². The van der Waals surface area contributed by atoms with Crippen molar-refractivity contribution >= 4 is 52.5 Å². The zero-order chi connectivity index (χ0) is 27.2. The molecule has 0 saturated heterocycles. The highest BCUT2D eigenvalue weighted by molar-refractivity contribution is 6.40. The Balaban J connectivity index is 1.34. The van der Waals surface area contributed by atoms with Crippen LogP contribution in [-0.4, -0.2) is 45.2 Å². The topological polar surface area (TPSA) is 96.9 Å². The van der Waals surface area contributed by atoms with Gasteiger partial charge in [-0.1, -0.05) is 35.3 Å². The van der Waals surface area contributed by atoms with E-state index >= 15 is 0 Å². The standard InChI is InChI=1S/C27H27Cl2N5O4/c1-15-34(22-20(28)6-5-7-21(22)29)24(35)19-13-30-25(32-23(19)37-15)31-18-9-8-16-10-11-33(14-17(16)12-18)26(36)38-27(2,3)4/h5-9,12-13,15H,10-11,14H2,1-4H3,(H,30,31,32). The van der Waals surface area contributed by atoms with Gasteiger partial charge in [0.15, 0.2) is 6.23 Å². The number of ether oxygens (including phenoxy) is 2. The summed E-state index contributed by atoms with van der Waals surface area (Å²) in [5.74, 6) is 0.0672. The van der Waals surface area contributed by atoms with E-state index < -0.39 is 11.8 Å². The fourth-order valence-electron chi connectivity index (χ4n) is 4.42. The van der Waals surface area contributed by atoms with Gasteiger partial charge < -0.3 is 19.7 Å². The number of anilines is 3. The van der Waals surface area contributed by atoms with E-state index in [4.69, 9.17) is 32.7 Å². The van der Waals surface area contributed by atoms with Crippen LogP contribution in [0.3, 0.4) is 0 Å². The maximum atomic E-state index is 13.3. The third-order valence-corrected chi connectivity index (χ3v) is 6.76. The lowest BCUT2D eigenvalue weighted by molar-refractivity contribution is 0.0224. The van der Waals surface area contributed by atoms with E-state index in [9.17, 15) is 9.59 Å². The number of hydrogen-bond acceptors (Lipinski definition) is 7. The summed E-state index contributed by atoms with van der Waals surface area (Å²) in [4.78, 5) is 37.7. The van der Waals surface area contributed by atoms with Crippen LogP contribution in [0.4, 0.5) is 22.1 Å². The molecule has 9 nitrogen and oxygen atoms in total. The molecule has 3 heterocycles. The number of carbonyl (C=O) groups is 2. The van der Waals surface area contributed by atoms with Gasteiger partial charge in [0.05, 0.1) is 15.7 Å². The molecule has 2 aliphatic rings. The zero-order valence-corrected chi connectivity index (χ0v) is 22.9. The first-order valence-electron chi connectivity index (χ1n) is 12.2. The Labute approximate surface area is 230 Å².